The summed E-state index contributed by atoms with van der Waals surface area (Å²) in [7, 11) is 0. The van der Waals surface area contributed by atoms with E-state index >= 15 is 0 Å². The molecule has 0 saturated carbocycles. The molecule has 2 aliphatic rings. The number of piperidine rings is 1. The molecule has 1 unspecified atom stereocenters. The third kappa shape index (κ3) is 3.97. The first-order chi connectivity index (χ1) is 12.8. The Labute approximate surface area is 168 Å². The zero-order valence-corrected chi connectivity index (χ0v) is 16.6. The fourth-order valence-corrected chi connectivity index (χ4v) is 4.39. The lowest BCUT2D eigenvalue weighted by atomic mass is 9.90. The number of fused-ring (bicyclic) bond motifs is 1. The molecule has 5 heteroatoms. The molecule has 0 aliphatic carbocycles. The fraction of sp³-hybridized carbons (Fsp3) is 0.409. The average Bonchev–Trinajstić information content (AvgIpc) is 2.69. The number of carbonyl (C=O) groups is 1. The second kappa shape index (κ2) is 8.77. The first-order valence-corrected chi connectivity index (χ1v) is 9.73. The Kier molecular flexibility index (Phi) is 6.40. The summed E-state index contributed by atoms with van der Waals surface area (Å²) in [4.78, 5) is 17.7. The van der Waals surface area contributed by atoms with Gasteiger partial charge in [0, 0.05) is 30.4 Å². The van der Waals surface area contributed by atoms with Crippen molar-refractivity contribution in [2.45, 2.75) is 38.3 Å². The molecule has 2 aliphatic heterocycles. The lowest BCUT2D eigenvalue weighted by molar-refractivity contribution is 0.109. The number of hydrogen-bond donors (Lipinski definition) is 1. The Balaban J connectivity index is 0.00000210. The minimum absolute atomic E-state index is 0. The third-order valence-electron chi connectivity index (χ3n) is 5.62. The van der Waals surface area contributed by atoms with E-state index in [0.717, 1.165) is 38.2 Å². The first kappa shape index (κ1) is 19.7. The molecule has 0 aromatic heterocycles. The second-order valence-electron chi connectivity index (χ2n) is 7.31. The van der Waals surface area contributed by atoms with E-state index in [1.807, 2.05) is 18.2 Å². The number of benzene rings is 2. The number of nitrogens with zero attached hydrogens (tertiary/aromatic N) is 2. The molecule has 4 rings (SSSR count). The Bertz CT molecular complexity index is 759. The van der Waals surface area contributed by atoms with E-state index < -0.39 is 0 Å². The number of halogens is 1. The van der Waals surface area contributed by atoms with Crippen molar-refractivity contribution in [3.8, 4) is 0 Å². The Morgan fingerprint density at radius 1 is 1.00 bits per heavy atom. The van der Waals surface area contributed by atoms with Gasteiger partial charge in [-0.3, -0.25) is 0 Å². The van der Waals surface area contributed by atoms with Crippen LogP contribution in [-0.2, 0) is 0 Å². The summed E-state index contributed by atoms with van der Waals surface area (Å²) in [5, 5.41) is 3.12. The van der Waals surface area contributed by atoms with Crippen LogP contribution in [-0.4, -0.2) is 41.5 Å². The molecule has 1 N–H and O–H groups in total. The smallest absolute Gasteiger partial charge is 0.310 e. The van der Waals surface area contributed by atoms with Crippen LogP contribution in [0.25, 0.3) is 0 Å². The van der Waals surface area contributed by atoms with Gasteiger partial charge < -0.3 is 15.1 Å². The summed E-state index contributed by atoms with van der Waals surface area (Å²) in [6, 6.07) is 18.9. The van der Waals surface area contributed by atoms with E-state index in [1.54, 1.807) is 0 Å². The Morgan fingerprint density at radius 2 is 1.67 bits per heavy atom. The summed E-state index contributed by atoms with van der Waals surface area (Å²) in [5.41, 5.74) is 3.31. The highest BCUT2D eigenvalue weighted by Gasteiger charge is 2.38. The van der Waals surface area contributed by atoms with Gasteiger partial charge in [0.05, 0.1) is 6.04 Å². The first-order valence-electron chi connectivity index (χ1n) is 9.73. The van der Waals surface area contributed by atoms with Gasteiger partial charge in [-0.2, -0.15) is 0 Å². The normalized spacial score (nSPS) is 20.6. The third-order valence-corrected chi connectivity index (χ3v) is 5.62. The largest absolute Gasteiger partial charge is 0.322 e. The van der Waals surface area contributed by atoms with E-state index in [1.165, 1.54) is 17.5 Å². The second-order valence-corrected chi connectivity index (χ2v) is 7.31. The number of urea groups is 1. The van der Waals surface area contributed by atoms with Crippen molar-refractivity contribution in [3.05, 3.63) is 65.7 Å². The average molecular weight is 386 g/mol. The number of amides is 2. The van der Waals surface area contributed by atoms with Crippen molar-refractivity contribution < 1.29 is 4.79 Å². The number of nitrogens with one attached hydrogen (secondary N) is 1. The molecule has 4 nitrogen and oxygen atoms in total. The Hall–Kier alpha value is -2.04. The number of anilines is 1. The lowest BCUT2D eigenvalue weighted by Crippen LogP contribution is -2.52. The molecule has 1 fully saturated rings. The molecule has 0 bridgehead atoms. The Morgan fingerprint density at radius 3 is 2.37 bits per heavy atom. The predicted octanol–water partition coefficient (Wildman–Crippen LogP) is 4.92. The van der Waals surface area contributed by atoms with Crippen LogP contribution in [0.4, 0.5) is 10.5 Å². The van der Waals surface area contributed by atoms with Crippen LogP contribution in [0.5, 0.6) is 0 Å². The van der Waals surface area contributed by atoms with Crippen molar-refractivity contribution in [3.63, 3.8) is 0 Å². The van der Waals surface area contributed by atoms with E-state index in [2.05, 4.69) is 58.4 Å². The van der Waals surface area contributed by atoms with Crippen LogP contribution < -0.4 is 5.32 Å². The van der Waals surface area contributed by atoms with E-state index in [-0.39, 0.29) is 30.5 Å². The van der Waals surface area contributed by atoms with Gasteiger partial charge in [-0.05, 0) is 37.4 Å². The van der Waals surface area contributed by atoms with Crippen molar-refractivity contribution in [2.24, 2.45) is 0 Å². The summed E-state index contributed by atoms with van der Waals surface area (Å²) in [6.45, 7) is 5.54. The van der Waals surface area contributed by atoms with Crippen molar-refractivity contribution in [1.82, 2.24) is 9.80 Å². The van der Waals surface area contributed by atoms with Gasteiger partial charge in [-0.25, -0.2) is 4.79 Å². The summed E-state index contributed by atoms with van der Waals surface area (Å²) in [6.07, 6.45) is 3.27. The minimum Gasteiger partial charge on any atom is -0.310 e. The molecule has 2 aromatic carbocycles. The van der Waals surface area contributed by atoms with Gasteiger partial charge in [0.25, 0.3) is 0 Å². The van der Waals surface area contributed by atoms with E-state index in [0.29, 0.717) is 0 Å². The van der Waals surface area contributed by atoms with Gasteiger partial charge in [-0.15, -0.1) is 12.4 Å². The number of carbonyl (C=O) groups excluding carboxylic acids is 1. The molecule has 1 saturated heterocycles. The van der Waals surface area contributed by atoms with Crippen LogP contribution in [0.2, 0.25) is 0 Å². The quantitative estimate of drug-likeness (QED) is 0.810. The highest BCUT2D eigenvalue weighted by molar-refractivity contribution is 5.93. The zero-order valence-electron chi connectivity index (χ0n) is 15.8. The standard InChI is InChI=1S/C22H27N3O.ClH/c1-2-14-24-15-12-18(13-16-24)25-21(17-8-4-3-5-9-17)19-10-6-7-11-20(19)23-22(25)26;/h3-11,18,21H,2,12-16H2,1H3,(H,23,26);1H. The molecule has 2 aromatic rings. The number of para-hydroxylation sites is 1. The molecule has 2 amide bonds. The molecular formula is C22H28ClN3O. The maximum Gasteiger partial charge on any atom is 0.322 e. The van der Waals surface area contributed by atoms with Crippen molar-refractivity contribution >= 4 is 24.1 Å². The topological polar surface area (TPSA) is 35.6 Å². The summed E-state index contributed by atoms with van der Waals surface area (Å²) in [5.74, 6) is 0. The zero-order chi connectivity index (χ0) is 17.9. The van der Waals surface area contributed by atoms with Gasteiger partial charge >= 0.3 is 6.03 Å². The lowest BCUT2D eigenvalue weighted by Gasteiger charge is -2.45. The monoisotopic (exact) mass is 385 g/mol. The fourth-order valence-electron chi connectivity index (χ4n) is 4.39. The van der Waals surface area contributed by atoms with Gasteiger partial charge in [0.2, 0.25) is 0 Å². The predicted molar refractivity (Wildman–Crippen MR) is 113 cm³/mol. The van der Waals surface area contributed by atoms with Crippen LogP contribution in [0, 0.1) is 0 Å². The molecule has 2 heterocycles. The molecular weight excluding hydrogens is 358 g/mol. The van der Waals surface area contributed by atoms with Gasteiger partial charge in [0.15, 0.2) is 0 Å². The van der Waals surface area contributed by atoms with Crippen LogP contribution in [0.3, 0.4) is 0 Å². The van der Waals surface area contributed by atoms with Crippen LogP contribution in [0.15, 0.2) is 54.6 Å². The highest BCUT2D eigenvalue weighted by atomic mass is 35.5. The molecule has 0 spiro atoms. The van der Waals surface area contributed by atoms with Gasteiger partial charge in [-0.1, -0.05) is 55.5 Å². The van der Waals surface area contributed by atoms with Crippen molar-refractivity contribution in [2.75, 3.05) is 25.0 Å². The van der Waals surface area contributed by atoms with E-state index in [9.17, 15) is 4.79 Å². The number of hydrogen-bond acceptors (Lipinski definition) is 2. The molecule has 0 radical (unpaired) electrons. The summed E-state index contributed by atoms with van der Waals surface area (Å²) >= 11 is 0. The van der Waals surface area contributed by atoms with E-state index in [4.69, 9.17) is 0 Å². The molecule has 1 atom stereocenters. The summed E-state index contributed by atoms with van der Waals surface area (Å²) < 4.78 is 0. The maximum absolute atomic E-state index is 13.0. The SMILES string of the molecule is CCCN1CCC(N2C(=O)Nc3ccccc3C2c2ccccc2)CC1.Cl. The van der Waals surface area contributed by atoms with Crippen LogP contribution >= 0.6 is 12.4 Å². The maximum atomic E-state index is 13.0. The van der Waals surface area contributed by atoms with Crippen molar-refractivity contribution in [1.29, 1.82) is 0 Å². The minimum atomic E-state index is -0.0103. The number of likely N-dealkylation sites (tertiary alicyclic amines) is 1. The van der Waals surface area contributed by atoms with Gasteiger partial charge in [0.1, 0.15) is 0 Å². The highest BCUT2D eigenvalue weighted by Crippen LogP contribution is 2.40. The molecule has 144 valence electrons. The van der Waals surface area contributed by atoms with Crippen LogP contribution in [0.1, 0.15) is 43.4 Å². The number of rotatable bonds is 4. The molecule has 27 heavy (non-hydrogen) atoms.